The average molecular weight is 319 g/mol. The summed E-state index contributed by atoms with van der Waals surface area (Å²) in [6, 6.07) is 0. The van der Waals surface area contributed by atoms with E-state index in [0.717, 1.165) is 36.0 Å². The summed E-state index contributed by atoms with van der Waals surface area (Å²) in [7, 11) is 0. The number of carbonyl (C=O) groups is 1. The molecule has 0 N–H and O–H groups in total. The third kappa shape index (κ3) is 4.20. The van der Waals surface area contributed by atoms with Crippen LogP contribution in [0.25, 0.3) is 0 Å². The van der Waals surface area contributed by atoms with Gasteiger partial charge in [-0.05, 0) is 87.4 Å². The van der Waals surface area contributed by atoms with Crippen LogP contribution in [0.3, 0.4) is 0 Å². The molecule has 1 nitrogen and oxygen atoms in total. The molecule has 3 aliphatic rings. The predicted molar refractivity (Wildman–Crippen MR) is 97.3 cm³/mol. The fraction of sp³-hybridized carbons (Fsp3) is 0.955. The summed E-state index contributed by atoms with van der Waals surface area (Å²) in [5.41, 5.74) is 0. The molecule has 3 rings (SSSR count). The lowest BCUT2D eigenvalue weighted by molar-refractivity contribution is -0.124. The van der Waals surface area contributed by atoms with Gasteiger partial charge in [0.25, 0.3) is 0 Å². The zero-order valence-corrected chi connectivity index (χ0v) is 15.6. The van der Waals surface area contributed by atoms with Crippen LogP contribution in [0.1, 0.15) is 97.3 Å². The summed E-state index contributed by atoms with van der Waals surface area (Å²) in [6.45, 7) is 4.38. The number of hydrogen-bond acceptors (Lipinski definition) is 1. The van der Waals surface area contributed by atoms with Gasteiger partial charge in [0, 0.05) is 12.3 Å². The van der Waals surface area contributed by atoms with E-state index in [0.29, 0.717) is 11.7 Å². The Hall–Kier alpha value is -0.330. The lowest BCUT2D eigenvalue weighted by Crippen LogP contribution is -2.35. The van der Waals surface area contributed by atoms with E-state index in [4.69, 9.17) is 0 Å². The van der Waals surface area contributed by atoms with Gasteiger partial charge in [0.15, 0.2) is 0 Å². The molecular weight excluding hydrogens is 280 g/mol. The van der Waals surface area contributed by atoms with Gasteiger partial charge in [0.05, 0.1) is 0 Å². The summed E-state index contributed by atoms with van der Waals surface area (Å²) in [5.74, 6) is 6.06. The fourth-order valence-corrected chi connectivity index (χ4v) is 6.32. The van der Waals surface area contributed by atoms with E-state index < -0.39 is 0 Å². The van der Waals surface area contributed by atoms with Crippen LogP contribution in [0.4, 0.5) is 0 Å². The number of Topliss-reactive ketones (excluding diaryl/α,β-unsaturated/α-hetero) is 1. The minimum absolute atomic E-state index is 0.414. The van der Waals surface area contributed by atoms with Crippen LogP contribution < -0.4 is 0 Å². The first-order valence-electron chi connectivity index (χ1n) is 10.7. The van der Waals surface area contributed by atoms with E-state index >= 15 is 0 Å². The third-order valence-electron chi connectivity index (χ3n) is 7.70. The monoisotopic (exact) mass is 318 g/mol. The minimum atomic E-state index is 0.414. The minimum Gasteiger partial charge on any atom is -0.299 e. The molecule has 0 bridgehead atoms. The summed E-state index contributed by atoms with van der Waals surface area (Å²) in [4.78, 5) is 11.9. The van der Waals surface area contributed by atoms with Gasteiger partial charge in [-0.2, -0.15) is 0 Å². The van der Waals surface area contributed by atoms with Gasteiger partial charge < -0.3 is 0 Å². The summed E-state index contributed by atoms with van der Waals surface area (Å²) < 4.78 is 0. The first kappa shape index (κ1) is 17.5. The van der Waals surface area contributed by atoms with Crippen LogP contribution in [0.5, 0.6) is 0 Å². The Morgan fingerprint density at radius 1 is 0.739 bits per heavy atom. The van der Waals surface area contributed by atoms with Gasteiger partial charge in [-0.3, -0.25) is 4.79 Å². The highest BCUT2D eigenvalue weighted by molar-refractivity contribution is 5.80. The van der Waals surface area contributed by atoms with E-state index in [-0.39, 0.29) is 0 Å². The van der Waals surface area contributed by atoms with E-state index in [1.807, 2.05) is 6.92 Å². The molecule has 3 fully saturated rings. The second kappa shape index (κ2) is 8.17. The summed E-state index contributed by atoms with van der Waals surface area (Å²) in [5, 5.41) is 0. The van der Waals surface area contributed by atoms with Crippen LogP contribution >= 0.6 is 0 Å². The van der Waals surface area contributed by atoms with Crippen molar-refractivity contribution in [2.75, 3.05) is 0 Å². The smallest absolute Gasteiger partial charge is 0.135 e. The molecule has 3 aliphatic carbocycles. The molecule has 0 spiro atoms. The highest BCUT2D eigenvalue weighted by Crippen LogP contribution is 2.49. The average Bonchev–Trinajstić information content (AvgIpc) is 2.61. The topological polar surface area (TPSA) is 17.1 Å². The first-order valence-corrected chi connectivity index (χ1v) is 10.7. The number of hydrogen-bond donors (Lipinski definition) is 0. The van der Waals surface area contributed by atoms with Crippen LogP contribution in [0, 0.1) is 35.5 Å². The Bertz CT molecular complexity index is 379. The standard InChI is InChI=1S/C22H38O/c1-3-5-16-6-7-21-15-20(13-12-19(21)14-16)17-8-10-18(11-9-17)22(23)4-2/h16-21H,3-15H2,1-2H3/t16-,17?,18?,19-,20+,21+/m0/s1. The van der Waals surface area contributed by atoms with E-state index in [2.05, 4.69) is 6.92 Å². The van der Waals surface area contributed by atoms with Crippen LogP contribution in [-0.2, 0) is 4.79 Å². The van der Waals surface area contributed by atoms with Crippen molar-refractivity contribution in [1.82, 2.24) is 0 Å². The molecule has 0 saturated heterocycles. The van der Waals surface area contributed by atoms with Crippen molar-refractivity contribution < 1.29 is 4.79 Å². The molecular formula is C22H38O. The van der Waals surface area contributed by atoms with Gasteiger partial charge in [0.2, 0.25) is 0 Å². The number of fused-ring (bicyclic) bond motifs is 1. The largest absolute Gasteiger partial charge is 0.299 e. The van der Waals surface area contributed by atoms with E-state index in [1.165, 1.54) is 70.6 Å². The highest BCUT2D eigenvalue weighted by Gasteiger charge is 2.38. The number of ketones is 1. The molecule has 0 aromatic carbocycles. The fourth-order valence-electron chi connectivity index (χ4n) is 6.32. The van der Waals surface area contributed by atoms with Crippen molar-refractivity contribution in [3.05, 3.63) is 0 Å². The van der Waals surface area contributed by atoms with Crippen LogP contribution in [0.2, 0.25) is 0 Å². The Balaban J connectivity index is 1.46. The normalized spacial score (nSPS) is 41.3. The maximum atomic E-state index is 11.9. The van der Waals surface area contributed by atoms with Gasteiger partial charge in [-0.15, -0.1) is 0 Å². The van der Waals surface area contributed by atoms with E-state index in [9.17, 15) is 4.79 Å². The zero-order valence-electron chi connectivity index (χ0n) is 15.6. The molecule has 1 heteroatoms. The van der Waals surface area contributed by atoms with Crippen molar-refractivity contribution in [2.45, 2.75) is 97.3 Å². The first-order chi connectivity index (χ1) is 11.2. The summed E-state index contributed by atoms with van der Waals surface area (Å²) in [6.07, 6.45) is 17.8. The van der Waals surface area contributed by atoms with E-state index in [1.54, 1.807) is 6.42 Å². The zero-order chi connectivity index (χ0) is 16.2. The molecule has 0 aromatic heterocycles. The molecule has 3 saturated carbocycles. The Labute approximate surface area is 144 Å². The third-order valence-corrected chi connectivity index (χ3v) is 7.70. The van der Waals surface area contributed by atoms with Gasteiger partial charge in [-0.25, -0.2) is 0 Å². The lowest BCUT2D eigenvalue weighted by Gasteiger charge is -2.45. The van der Waals surface area contributed by atoms with Crippen molar-refractivity contribution in [1.29, 1.82) is 0 Å². The van der Waals surface area contributed by atoms with Gasteiger partial charge >= 0.3 is 0 Å². The summed E-state index contributed by atoms with van der Waals surface area (Å²) >= 11 is 0. The van der Waals surface area contributed by atoms with Crippen molar-refractivity contribution in [2.24, 2.45) is 35.5 Å². The highest BCUT2D eigenvalue weighted by atomic mass is 16.1. The second-order valence-corrected chi connectivity index (χ2v) is 8.99. The van der Waals surface area contributed by atoms with Crippen molar-refractivity contribution in [3.8, 4) is 0 Å². The molecule has 0 aliphatic heterocycles. The maximum Gasteiger partial charge on any atom is 0.135 e. The predicted octanol–water partition coefficient (Wildman–Crippen LogP) is 6.40. The molecule has 0 unspecified atom stereocenters. The van der Waals surface area contributed by atoms with Crippen LogP contribution in [-0.4, -0.2) is 5.78 Å². The lowest BCUT2D eigenvalue weighted by atomic mass is 9.60. The van der Waals surface area contributed by atoms with Crippen molar-refractivity contribution >= 4 is 5.78 Å². The molecule has 0 radical (unpaired) electrons. The van der Waals surface area contributed by atoms with Gasteiger partial charge in [0.1, 0.15) is 5.78 Å². The molecule has 132 valence electrons. The Morgan fingerprint density at radius 3 is 1.96 bits per heavy atom. The SMILES string of the molecule is CCC[C@H]1CC[C@@H]2C[C@H](C3CCC(C(=O)CC)CC3)CC[C@H]2C1. The maximum absolute atomic E-state index is 11.9. The molecule has 4 atom stereocenters. The Kier molecular flexibility index (Phi) is 6.21. The molecule has 0 heterocycles. The van der Waals surface area contributed by atoms with Crippen LogP contribution in [0.15, 0.2) is 0 Å². The molecule has 0 aromatic rings. The van der Waals surface area contributed by atoms with Crippen molar-refractivity contribution in [3.63, 3.8) is 0 Å². The second-order valence-electron chi connectivity index (χ2n) is 8.99. The van der Waals surface area contributed by atoms with Gasteiger partial charge in [-0.1, -0.05) is 33.1 Å². The quantitative estimate of drug-likeness (QED) is 0.573. The number of rotatable bonds is 5. The number of carbonyl (C=O) groups excluding carboxylic acids is 1. The molecule has 23 heavy (non-hydrogen) atoms. The Morgan fingerprint density at radius 2 is 1.30 bits per heavy atom. The molecule has 0 amide bonds.